The topological polar surface area (TPSA) is 77.5 Å². The number of thiocarbonyl (C=S) groups is 1. The average Bonchev–Trinajstić information content (AvgIpc) is 3.44. The van der Waals surface area contributed by atoms with Crippen molar-refractivity contribution < 1.29 is 4.39 Å². The molecule has 0 atom stereocenters. The molecule has 0 unspecified atom stereocenters. The first-order valence-electron chi connectivity index (χ1n) is 10.0. The van der Waals surface area contributed by atoms with Crippen LogP contribution in [-0.4, -0.2) is 34.5 Å². The van der Waals surface area contributed by atoms with Crippen molar-refractivity contribution in [2.24, 2.45) is 0 Å². The van der Waals surface area contributed by atoms with Crippen LogP contribution in [0.25, 0.3) is 0 Å². The standard InChI is InChI=1S/C21H22BrFN8S/c1-3-31-14(2)16(8-25-31)11-29-12-17(9-24-29)26-21(32)27-20-18(22)13-30(28-20)10-15-6-4-5-7-19(15)23/h4-9,12-13H,3,10-11H2,1-2H3,(H2,26,27,28,32). The van der Waals surface area contributed by atoms with Crippen LogP contribution in [0.5, 0.6) is 0 Å². The summed E-state index contributed by atoms with van der Waals surface area (Å²) in [6.07, 6.45) is 7.23. The number of aromatic nitrogens is 6. The van der Waals surface area contributed by atoms with Crippen molar-refractivity contribution in [3.63, 3.8) is 0 Å². The predicted octanol–water partition coefficient (Wildman–Crippen LogP) is 4.41. The highest BCUT2D eigenvalue weighted by Crippen LogP contribution is 2.22. The number of rotatable bonds is 7. The SMILES string of the molecule is CCn1ncc(Cn2cc(NC(=S)Nc3nn(Cc4ccccc4F)cc3Br)cn2)c1C. The first kappa shape index (κ1) is 22.2. The molecular formula is C21H22BrFN8S. The average molecular weight is 517 g/mol. The van der Waals surface area contributed by atoms with Gasteiger partial charge in [0.1, 0.15) is 5.82 Å². The minimum Gasteiger partial charge on any atom is -0.330 e. The van der Waals surface area contributed by atoms with Gasteiger partial charge in [0.15, 0.2) is 10.9 Å². The number of benzene rings is 1. The third-order valence-corrected chi connectivity index (χ3v) is 5.75. The van der Waals surface area contributed by atoms with Gasteiger partial charge in [0.25, 0.3) is 0 Å². The van der Waals surface area contributed by atoms with Gasteiger partial charge in [-0.05, 0) is 48.1 Å². The molecule has 0 aliphatic carbocycles. The molecule has 0 saturated carbocycles. The van der Waals surface area contributed by atoms with E-state index in [1.807, 2.05) is 21.8 Å². The van der Waals surface area contributed by atoms with Crippen molar-refractivity contribution in [3.8, 4) is 0 Å². The van der Waals surface area contributed by atoms with E-state index in [4.69, 9.17) is 12.2 Å². The zero-order chi connectivity index (χ0) is 22.7. The van der Waals surface area contributed by atoms with Crippen LogP contribution in [0.2, 0.25) is 0 Å². The van der Waals surface area contributed by atoms with Crippen molar-refractivity contribution in [3.05, 3.63) is 76.2 Å². The lowest BCUT2D eigenvalue weighted by molar-refractivity contribution is 0.586. The second-order valence-corrected chi connectivity index (χ2v) is 8.45. The van der Waals surface area contributed by atoms with Gasteiger partial charge < -0.3 is 10.6 Å². The van der Waals surface area contributed by atoms with Gasteiger partial charge >= 0.3 is 0 Å². The number of aryl methyl sites for hydroxylation is 1. The van der Waals surface area contributed by atoms with E-state index in [0.29, 0.717) is 29.6 Å². The molecule has 0 aliphatic rings. The quantitative estimate of drug-likeness (QED) is 0.354. The minimum absolute atomic E-state index is 0.264. The molecule has 3 aromatic heterocycles. The van der Waals surface area contributed by atoms with E-state index in [1.165, 1.54) is 6.07 Å². The molecule has 0 aliphatic heterocycles. The van der Waals surface area contributed by atoms with E-state index in [0.717, 1.165) is 28.0 Å². The van der Waals surface area contributed by atoms with Crippen LogP contribution in [0.3, 0.4) is 0 Å². The van der Waals surface area contributed by atoms with E-state index in [-0.39, 0.29) is 5.82 Å². The van der Waals surface area contributed by atoms with Gasteiger partial charge in [-0.15, -0.1) is 0 Å². The number of hydrogen-bond donors (Lipinski definition) is 2. The molecule has 32 heavy (non-hydrogen) atoms. The fraction of sp³-hybridized carbons (Fsp3) is 0.238. The number of halogens is 2. The lowest BCUT2D eigenvalue weighted by Gasteiger charge is -2.07. The van der Waals surface area contributed by atoms with Gasteiger partial charge in [-0.3, -0.25) is 14.0 Å². The van der Waals surface area contributed by atoms with Crippen molar-refractivity contribution in [1.82, 2.24) is 29.3 Å². The first-order valence-corrected chi connectivity index (χ1v) is 11.2. The first-order chi connectivity index (χ1) is 15.4. The zero-order valence-corrected chi connectivity index (χ0v) is 20.0. The number of nitrogens with one attached hydrogen (secondary N) is 2. The largest absolute Gasteiger partial charge is 0.330 e. The Morgan fingerprint density at radius 2 is 1.84 bits per heavy atom. The van der Waals surface area contributed by atoms with Gasteiger partial charge in [-0.2, -0.15) is 15.3 Å². The third kappa shape index (κ3) is 5.05. The summed E-state index contributed by atoms with van der Waals surface area (Å²) in [7, 11) is 0. The summed E-state index contributed by atoms with van der Waals surface area (Å²) < 4.78 is 20.1. The maximum atomic E-state index is 13.9. The molecular weight excluding hydrogens is 495 g/mol. The Morgan fingerprint density at radius 1 is 1.06 bits per heavy atom. The molecule has 0 amide bonds. The summed E-state index contributed by atoms with van der Waals surface area (Å²) in [6, 6.07) is 6.63. The smallest absolute Gasteiger partial charge is 0.176 e. The maximum absolute atomic E-state index is 13.9. The molecule has 0 radical (unpaired) electrons. The van der Waals surface area contributed by atoms with Gasteiger partial charge in [0.05, 0.1) is 35.6 Å². The van der Waals surface area contributed by atoms with E-state index < -0.39 is 0 Å². The molecule has 3 heterocycles. The minimum atomic E-state index is -0.264. The monoisotopic (exact) mass is 516 g/mol. The Labute approximate surface area is 198 Å². The van der Waals surface area contributed by atoms with Crippen LogP contribution in [0.15, 0.2) is 53.5 Å². The molecule has 8 nitrogen and oxygen atoms in total. The van der Waals surface area contributed by atoms with E-state index >= 15 is 0 Å². The summed E-state index contributed by atoms with van der Waals surface area (Å²) in [6.45, 7) is 5.89. The highest BCUT2D eigenvalue weighted by Gasteiger charge is 2.12. The number of nitrogens with zero attached hydrogens (tertiary/aromatic N) is 6. The molecule has 166 valence electrons. The van der Waals surface area contributed by atoms with Crippen LogP contribution in [0.1, 0.15) is 23.7 Å². The molecule has 4 aromatic rings. The van der Waals surface area contributed by atoms with Crippen molar-refractivity contribution in [2.75, 3.05) is 10.6 Å². The Hall–Kier alpha value is -3.05. The summed E-state index contributed by atoms with van der Waals surface area (Å²) in [5.41, 5.74) is 3.56. The Balaban J connectivity index is 1.36. The summed E-state index contributed by atoms with van der Waals surface area (Å²) in [5.74, 6) is 0.272. The van der Waals surface area contributed by atoms with E-state index in [9.17, 15) is 4.39 Å². The van der Waals surface area contributed by atoms with Crippen LogP contribution in [0, 0.1) is 12.7 Å². The maximum Gasteiger partial charge on any atom is 0.176 e. The summed E-state index contributed by atoms with van der Waals surface area (Å²) >= 11 is 8.88. The van der Waals surface area contributed by atoms with Crippen molar-refractivity contribution >= 4 is 44.8 Å². The van der Waals surface area contributed by atoms with Gasteiger partial charge in [0, 0.05) is 35.8 Å². The van der Waals surface area contributed by atoms with E-state index in [1.54, 1.807) is 35.3 Å². The second kappa shape index (κ2) is 9.61. The predicted molar refractivity (Wildman–Crippen MR) is 129 cm³/mol. The van der Waals surface area contributed by atoms with Crippen LogP contribution >= 0.6 is 28.1 Å². The lowest BCUT2D eigenvalue weighted by atomic mass is 10.2. The fourth-order valence-corrected chi connectivity index (χ4v) is 3.91. The van der Waals surface area contributed by atoms with Crippen LogP contribution < -0.4 is 10.6 Å². The normalized spacial score (nSPS) is 11.0. The highest BCUT2D eigenvalue weighted by molar-refractivity contribution is 9.10. The Kier molecular flexibility index (Phi) is 6.66. The van der Waals surface area contributed by atoms with Crippen LogP contribution in [-0.2, 0) is 19.6 Å². The zero-order valence-electron chi connectivity index (χ0n) is 17.6. The van der Waals surface area contributed by atoms with Gasteiger partial charge in [0.2, 0.25) is 0 Å². The van der Waals surface area contributed by atoms with Crippen molar-refractivity contribution in [2.45, 2.75) is 33.5 Å². The lowest BCUT2D eigenvalue weighted by Crippen LogP contribution is -2.19. The number of anilines is 2. The molecule has 1 aromatic carbocycles. The third-order valence-electron chi connectivity index (χ3n) is 4.97. The van der Waals surface area contributed by atoms with Crippen LogP contribution in [0.4, 0.5) is 15.9 Å². The van der Waals surface area contributed by atoms with Gasteiger partial charge in [-0.25, -0.2) is 4.39 Å². The van der Waals surface area contributed by atoms with E-state index in [2.05, 4.69) is 55.7 Å². The fourth-order valence-electron chi connectivity index (χ4n) is 3.28. The summed E-state index contributed by atoms with van der Waals surface area (Å²) in [4.78, 5) is 0. The van der Waals surface area contributed by atoms with Gasteiger partial charge in [-0.1, -0.05) is 18.2 Å². The molecule has 0 spiro atoms. The number of hydrogen-bond acceptors (Lipinski definition) is 4. The van der Waals surface area contributed by atoms with Crippen molar-refractivity contribution in [1.29, 1.82) is 0 Å². The molecule has 0 fully saturated rings. The molecule has 11 heteroatoms. The summed E-state index contributed by atoms with van der Waals surface area (Å²) in [5, 5.41) is 19.7. The molecule has 4 rings (SSSR count). The Bertz CT molecular complexity index is 1240. The highest BCUT2D eigenvalue weighted by atomic mass is 79.9. The molecule has 0 saturated heterocycles. The Morgan fingerprint density at radius 3 is 2.59 bits per heavy atom. The second-order valence-electron chi connectivity index (χ2n) is 7.19. The molecule has 2 N–H and O–H groups in total. The molecule has 0 bridgehead atoms.